The van der Waals surface area contributed by atoms with E-state index < -0.39 is 0 Å². The van der Waals surface area contributed by atoms with Crippen LogP contribution in [0.4, 0.5) is 0 Å². The number of fused-ring (bicyclic) bond motifs is 3. The van der Waals surface area contributed by atoms with Gasteiger partial charge in [-0.25, -0.2) is 0 Å². The van der Waals surface area contributed by atoms with E-state index in [-0.39, 0.29) is 11.5 Å². The van der Waals surface area contributed by atoms with Crippen LogP contribution in [0.25, 0.3) is 22.3 Å². The summed E-state index contributed by atoms with van der Waals surface area (Å²) in [6, 6.07) is 16.4. The van der Waals surface area contributed by atoms with Crippen molar-refractivity contribution in [1.29, 1.82) is 0 Å². The molecule has 2 nitrogen and oxygen atoms in total. The summed E-state index contributed by atoms with van der Waals surface area (Å²) in [7, 11) is 0. The van der Waals surface area contributed by atoms with E-state index in [9.17, 15) is 10.2 Å². The van der Waals surface area contributed by atoms with E-state index in [2.05, 4.69) is 36.4 Å². The van der Waals surface area contributed by atoms with Crippen molar-refractivity contribution < 1.29 is 10.2 Å². The number of benzene rings is 3. The molecular weight excluding hydrogens is 284 g/mol. The summed E-state index contributed by atoms with van der Waals surface area (Å²) in [6.45, 7) is 3.67. The Labute approximate surface area is 135 Å². The van der Waals surface area contributed by atoms with Crippen LogP contribution in [0, 0.1) is 13.8 Å². The highest BCUT2D eigenvalue weighted by molar-refractivity contribution is 5.88. The number of phenolic OH excluding ortho intramolecular Hbond substituents is 2. The zero-order valence-corrected chi connectivity index (χ0v) is 13.2. The second-order valence-corrected chi connectivity index (χ2v) is 6.23. The maximum atomic E-state index is 10.6. The van der Waals surface area contributed by atoms with E-state index in [1.54, 1.807) is 13.0 Å². The smallest absolute Gasteiger partial charge is 0.130 e. The highest BCUT2D eigenvalue weighted by atomic mass is 16.3. The van der Waals surface area contributed by atoms with Gasteiger partial charge in [-0.05, 0) is 59.7 Å². The Morgan fingerprint density at radius 3 is 2.35 bits per heavy atom. The maximum absolute atomic E-state index is 10.6. The fourth-order valence-electron chi connectivity index (χ4n) is 3.61. The third-order valence-electron chi connectivity index (χ3n) is 4.84. The average Bonchev–Trinajstić information content (AvgIpc) is 2.92. The molecule has 3 aromatic carbocycles. The normalized spacial score (nSPS) is 12.1. The number of aromatic hydroxyl groups is 2. The molecule has 2 heteroatoms. The SMILES string of the molecule is Cc1cc(O)c(C)c(O)c1-c1cccc2c1Cc1ccccc1-2. The summed E-state index contributed by atoms with van der Waals surface area (Å²) in [6.07, 6.45) is 0.875. The molecule has 0 heterocycles. The minimum atomic E-state index is 0.139. The van der Waals surface area contributed by atoms with Gasteiger partial charge >= 0.3 is 0 Å². The number of phenols is 2. The molecule has 2 N–H and O–H groups in total. The van der Waals surface area contributed by atoms with Crippen molar-refractivity contribution in [3.05, 3.63) is 70.8 Å². The number of rotatable bonds is 1. The van der Waals surface area contributed by atoms with Crippen LogP contribution in [-0.4, -0.2) is 10.2 Å². The van der Waals surface area contributed by atoms with E-state index in [1.165, 1.54) is 22.3 Å². The van der Waals surface area contributed by atoms with E-state index >= 15 is 0 Å². The zero-order chi connectivity index (χ0) is 16.1. The van der Waals surface area contributed by atoms with Crippen molar-refractivity contribution in [3.8, 4) is 33.8 Å². The lowest BCUT2D eigenvalue weighted by Crippen LogP contribution is -1.93. The van der Waals surface area contributed by atoms with Gasteiger partial charge in [0.1, 0.15) is 11.5 Å². The zero-order valence-electron chi connectivity index (χ0n) is 13.2. The standard InChI is InChI=1S/C21H18O2/c1-12-10-19(22)13(2)21(23)20(12)17-9-5-8-16-15-7-4-3-6-14(15)11-18(16)17/h3-10,22-23H,11H2,1-2H3. The van der Waals surface area contributed by atoms with Gasteiger partial charge in [-0.2, -0.15) is 0 Å². The third kappa shape index (κ3) is 1.95. The summed E-state index contributed by atoms with van der Waals surface area (Å²) in [4.78, 5) is 0. The summed E-state index contributed by atoms with van der Waals surface area (Å²) >= 11 is 0. The van der Waals surface area contributed by atoms with E-state index in [0.29, 0.717) is 5.56 Å². The van der Waals surface area contributed by atoms with Crippen LogP contribution in [0.15, 0.2) is 48.5 Å². The monoisotopic (exact) mass is 302 g/mol. The molecule has 0 radical (unpaired) electrons. The minimum Gasteiger partial charge on any atom is -0.508 e. The second-order valence-electron chi connectivity index (χ2n) is 6.23. The average molecular weight is 302 g/mol. The Balaban J connectivity index is 2.00. The Kier molecular flexibility index (Phi) is 2.95. The minimum absolute atomic E-state index is 0.139. The molecule has 4 rings (SSSR count). The first kappa shape index (κ1) is 13.9. The van der Waals surface area contributed by atoms with Gasteiger partial charge in [0.05, 0.1) is 0 Å². The van der Waals surface area contributed by atoms with Crippen LogP contribution in [0.3, 0.4) is 0 Å². The molecule has 114 valence electrons. The fraction of sp³-hybridized carbons (Fsp3) is 0.143. The molecule has 0 aromatic heterocycles. The maximum Gasteiger partial charge on any atom is 0.130 e. The van der Waals surface area contributed by atoms with Crippen molar-refractivity contribution in [2.75, 3.05) is 0 Å². The molecule has 0 saturated carbocycles. The van der Waals surface area contributed by atoms with Gasteiger partial charge in [-0.3, -0.25) is 0 Å². The molecule has 0 unspecified atom stereocenters. The largest absolute Gasteiger partial charge is 0.508 e. The van der Waals surface area contributed by atoms with E-state index in [4.69, 9.17) is 0 Å². The van der Waals surface area contributed by atoms with E-state index in [0.717, 1.165) is 23.1 Å². The summed E-state index contributed by atoms with van der Waals surface area (Å²) in [5.41, 5.74) is 8.37. The van der Waals surface area contributed by atoms with Crippen LogP contribution in [0.2, 0.25) is 0 Å². The number of aryl methyl sites for hydroxylation is 1. The molecule has 0 saturated heterocycles. The Morgan fingerprint density at radius 2 is 1.52 bits per heavy atom. The third-order valence-corrected chi connectivity index (χ3v) is 4.84. The highest BCUT2D eigenvalue weighted by Crippen LogP contribution is 2.46. The molecule has 0 atom stereocenters. The molecule has 0 fully saturated rings. The van der Waals surface area contributed by atoms with Crippen LogP contribution in [0.5, 0.6) is 11.5 Å². The van der Waals surface area contributed by atoms with Gasteiger partial charge in [-0.1, -0.05) is 42.5 Å². The van der Waals surface area contributed by atoms with Gasteiger partial charge in [0.2, 0.25) is 0 Å². The van der Waals surface area contributed by atoms with Crippen LogP contribution in [0.1, 0.15) is 22.3 Å². The molecule has 1 aliphatic carbocycles. The topological polar surface area (TPSA) is 40.5 Å². The van der Waals surface area contributed by atoms with Gasteiger partial charge in [0.15, 0.2) is 0 Å². The number of hydrogen-bond acceptors (Lipinski definition) is 2. The Morgan fingerprint density at radius 1 is 0.826 bits per heavy atom. The van der Waals surface area contributed by atoms with Crippen LogP contribution >= 0.6 is 0 Å². The predicted molar refractivity (Wildman–Crippen MR) is 92.9 cm³/mol. The summed E-state index contributed by atoms with van der Waals surface area (Å²) in [5, 5.41) is 20.5. The molecule has 0 amide bonds. The van der Waals surface area contributed by atoms with Crippen molar-refractivity contribution in [2.24, 2.45) is 0 Å². The molecule has 3 aromatic rings. The first-order valence-electron chi connectivity index (χ1n) is 7.80. The lowest BCUT2D eigenvalue weighted by molar-refractivity contribution is 0.444. The molecule has 23 heavy (non-hydrogen) atoms. The van der Waals surface area contributed by atoms with Gasteiger partial charge in [0, 0.05) is 11.1 Å². The second kappa shape index (κ2) is 4.88. The first-order chi connectivity index (χ1) is 11.1. The lowest BCUT2D eigenvalue weighted by atomic mass is 9.90. The molecular formula is C21H18O2. The molecule has 1 aliphatic rings. The highest BCUT2D eigenvalue weighted by Gasteiger charge is 2.24. The Bertz CT molecular complexity index is 939. The molecule has 0 aliphatic heterocycles. The lowest BCUT2D eigenvalue weighted by Gasteiger charge is -2.16. The molecule has 0 spiro atoms. The summed E-state index contributed by atoms with van der Waals surface area (Å²) in [5.74, 6) is 0.312. The van der Waals surface area contributed by atoms with Crippen LogP contribution < -0.4 is 0 Å². The van der Waals surface area contributed by atoms with Gasteiger partial charge in [-0.15, -0.1) is 0 Å². The molecule has 0 bridgehead atoms. The number of hydrogen-bond donors (Lipinski definition) is 2. The quantitative estimate of drug-likeness (QED) is 0.522. The summed E-state index contributed by atoms with van der Waals surface area (Å²) < 4.78 is 0. The van der Waals surface area contributed by atoms with Crippen molar-refractivity contribution >= 4 is 0 Å². The Hall–Kier alpha value is -2.74. The predicted octanol–water partition coefficient (Wildman–Crippen LogP) is 4.95. The van der Waals surface area contributed by atoms with Gasteiger partial charge in [0.25, 0.3) is 0 Å². The van der Waals surface area contributed by atoms with Crippen molar-refractivity contribution in [3.63, 3.8) is 0 Å². The van der Waals surface area contributed by atoms with E-state index in [1.807, 2.05) is 13.0 Å². The fourth-order valence-corrected chi connectivity index (χ4v) is 3.61. The first-order valence-corrected chi connectivity index (χ1v) is 7.80. The van der Waals surface area contributed by atoms with Crippen molar-refractivity contribution in [2.45, 2.75) is 20.3 Å². The van der Waals surface area contributed by atoms with Crippen LogP contribution in [-0.2, 0) is 6.42 Å². The van der Waals surface area contributed by atoms with Gasteiger partial charge < -0.3 is 10.2 Å². The van der Waals surface area contributed by atoms with Crippen molar-refractivity contribution in [1.82, 2.24) is 0 Å².